The Balaban J connectivity index is 1.93. The third kappa shape index (κ3) is 3.54. The molecule has 1 aliphatic rings. The van der Waals surface area contributed by atoms with Crippen molar-refractivity contribution in [2.24, 2.45) is 5.92 Å². The molecule has 1 aromatic rings. The van der Waals surface area contributed by atoms with E-state index in [9.17, 15) is 8.42 Å². The molecule has 6 heteroatoms. The van der Waals surface area contributed by atoms with Crippen molar-refractivity contribution in [2.75, 3.05) is 20.1 Å². The first kappa shape index (κ1) is 14.0. The lowest BCUT2D eigenvalue weighted by atomic mass is 9.86. The Morgan fingerprint density at radius 2 is 2.17 bits per heavy atom. The second-order valence-electron chi connectivity index (χ2n) is 4.72. The van der Waals surface area contributed by atoms with Crippen LogP contribution in [0, 0.1) is 5.92 Å². The molecule has 0 bridgehead atoms. The zero-order valence-corrected chi connectivity index (χ0v) is 12.2. The highest BCUT2D eigenvalue weighted by Crippen LogP contribution is 2.27. The summed E-state index contributed by atoms with van der Waals surface area (Å²) in [7, 11) is -1.39. The van der Waals surface area contributed by atoms with Crippen LogP contribution in [0.15, 0.2) is 16.3 Å². The summed E-state index contributed by atoms with van der Waals surface area (Å²) in [6, 6.07) is 3.61. The molecule has 0 radical (unpaired) electrons. The van der Waals surface area contributed by atoms with E-state index in [0.717, 1.165) is 30.7 Å². The zero-order valence-electron chi connectivity index (χ0n) is 10.6. The standard InChI is InChI=1S/C12H20N2O2S2/c1-13-8-7-11-5-6-12(17-11)18(15,16)14-9-10-3-2-4-10/h5-6,10,13-14H,2-4,7-9H2,1H3. The fourth-order valence-corrected chi connectivity index (χ4v) is 4.40. The first-order chi connectivity index (χ1) is 8.62. The van der Waals surface area contributed by atoms with Crippen molar-refractivity contribution in [1.82, 2.24) is 10.0 Å². The van der Waals surface area contributed by atoms with E-state index in [-0.39, 0.29) is 0 Å². The second kappa shape index (κ2) is 6.14. The summed E-state index contributed by atoms with van der Waals surface area (Å²) in [6.07, 6.45) is 4.42. The fraction of sp³-hybridized carbons (Fsp3) is 0.667. The van der Waals surface area contributed by atoms with Gasteiger partial charge in [-0.1, -0.05) is 6.42 Å². The van der Waals surface area contributed by atoms with Gasteiger partial charge in [-0.2, -0.15) is 0 Å². The normalized spacial score (nSPS) is 16.7. The summed E-state index contributed by atoms with van der Waals surface area (Å²) < 4.78 is 27.2. The van der Waals surface area contributed by atoms with Gasteiger partial charge >= 0.3 is 0 Å². The Labute approximate surface area is 113 Å². The van der Waals surface area contributed by atoms with Gasteiger partial charge in [-0.25, -0.2) is 13.1 Å². The molecule has 1 saturated carbocycles. The number of likely N-dealkylation sites (N-methyl/N-ethyl adjacent to an activating group) is 1. The molecule has 0 aromatic carbocycles. The summed E-state index contributed by atoms with van der Waals surface area (Å²) in [5.41, 5.74) is 0. The van der Waals surface area contributed by atoms with Crippen molar-refractivity contribution in [3.8, 4) is 0 Å². The highest BCUT2D eigenvalue weighted by atomic mass is 32.2. The fourth-order valence-electron chi connectivity index (χ4n) is 1.88. The lowest BCUT2D eigenvalue weighted by Gasteiger charge is -2.25. The molecule has 0 aliphatic heterocycles. The minimum Gasteiger partial charge on any atom is -0.319 e. The lowest BCUT2D eigenvalue weighted by molar-refractivity contribution is 0.316. The van der Waals surface area contributed by atoms with Crippen LogP contribution in [0.5, 0.6) is 0 Å². The Bertz CT molecular complexity index is 478. The SMILES string of the molecule is CNCCc1ccc(S(=O)(=O)NCC2CCC2)s1. The van der Waals surface area contributed by atoms with E-state index < -0.39 is 10.0 Å². The molecule has 2 N–H and O–H groups in total. The van der Waals surface area contributed by atoms with E-state index in [1.165, 1.54) is 17.8 Å². The van der Waals surface area contributed by atoms with Crippen LogP contribution in [-0.4, -0.2) is 28.6 Å². The van der Waals surface area contributed by atoms with Gasteiger partial charge in [-0.15, -0.1) is 11.3 Å². The van der Waals surface area contributed by atoms with Crippen LogP contribution in [0.25, 0.3) is 0 Å². The smallest absolute Gasteiger partial charge is 0.250 e. The van der Waals surface area contributed by atoms with Crippen LogP contribution in [0.3, 0.4) is 0 Å². The first-order valence-electron chi connectivity index (χ1n) is 6.35. The second-order valence-corrected chi connectivity index (χ2v) is 7.89. The third-order valence-corrected chi connectivity index (χ3v) is 6.37. The maximum absolute atomic E-state index is 12.0. The summed E-state index contributed by atoms with van der Waals surface area (Å²) >= 11 is 1.37. The summed E-state index contributed by atoms with van der Waals surface area (Å²) in [5.74, 6) is 0.545. The van der Waals surface area contributed by atoms with Crippen LogP contribution in [0.1, 0.15) is 24.1 Å². The van der Waals surface area contributed by atoms with E-state index in [0.29, 0.717) is 16.7 Å². The molecule has 102 valence electrons. The van der Waals surface area contributed by atoms with Crippen LogP contribution in [0.4, 0.5) is 0 Å². The highest BCUT2D eigenvalue weighted by Gasteiger charge is 2.22. The molecule has 1 heterocycles. The van der Waals surface area contributed by atoms with Gasteiger partial charge < -0.3 is 5.32 Å². The van der Waals surface area contributed by atoms with Gasteiger partial charge in [0, 0.05) is 11.4 Å². The van der Waals surface area contributed by atoms with E-state index in [1.807, 2.05) is 13.1 Å². The number of rotatable bonds is 7. The van der Waals surface area contributed by atoms with Crippen molar-refractivity contribution in [2.45, 2.75) is 29.9 Å². The number of hydrogen-bond donors (Lipinski definition) is 2. The maximum atomic E-state index is 12.0. The van der Waals surface area contributed by atoms with Crippen molar-refractivity contribution >= 4 is 21.4 Å². The molecule has 0 unspecified atom stereocenters. The summed E-state index contributed by atoms with van der Waals surface area (Å²) in [5, 5.41) is 3.06. The van der Waals surface area contributed by atoms with E-state index in [4.69, 9.17) is 0 Å². The largest absolute Gasteiger partial charge is 0.319 e. The Morgan fingerprint density at radius 1 is 1.39 bits per heavy atom. The van der Waals surface area contributed by atoms with Crippen molar-refractivity contribution in [3.63, 3.8) is 0 Å². The molecule has 18 heavy (non-hydrogen) atoms. The Hall–Kier alpha value is -0.430. The average molecular weight is 288 g/mol. The topological polar surface area (TPSA) is 58.2 Å². The van der Waals surface area contributed by atoms with Gasteiger partial charge in [0.25, 0.3) is 0 Å². The molecule has 4 nitrogen and oxygen atoms in total. The number of thiophene rings is 1. The van der Waals surface area contributed by atoms with E-state index in [1.54, 1.807) is 6.07 Å². The Morgan fingerprint density at radius 3 is 2.78 bits per heavy atom. The molecule has 0 amide bonds. The van der Waals surface area contributed by atoms with Gasteiger partial charge in [0.15, 0.2) is 0 Å². The van der Waals surface area contributed by atoms with Crippen LogP contribution in [0.2, 0.25) is 0 Å². The predicted molar refractivity (Wildman–Crippen MR) is 74.5 cm³/mol. The molecule has 1 fully saturated rings. The minimum absolute atomic E-state index is 0.438. The van der Waals surface area contributed by atoms with Crippen molar-refractivity contribution < 1.29 is 8.42 Å². The third-order valence-electron chi connectivity index (χ3n) is 3.31. The van der Waals surface area contributed by atoms with Gasteiger partial charge in [0.05, 0.1) is 0 Å². The number of nitrogens with one attached hydrogen (secondary N) is 2. The molecular weight excluding hydrogens is 268 g/mol. The van der Waals surface area contributed by atoms with Gasteiger partial charge in [-0.05, 0) is 50.9 Å². The monoisotopic (exact) mass is 288 g/mol. The van der Waals surface area contributed by atoms with Crippen molar-refractivity contribution in [3.05, 3.63) is 17.0 Å². The van der Waals surface area contributed by atoms with Gasteiger partial charge in [0.2, 0.25) is 10.0 Å². The average Bonchev–Trinajstić information content (AvgIpc) is 2.73. The minimum atomic E-state index is -3.29. The molecule has 1 aromatic heterocycles. The lowest BCUT2D eigenvalue weighted by Crippen LogP contribution is -2.31. The van der Waals surface area contributed by atoms with E-state index >= 15 is 0 Å². The van der Waals surface area contributed by atoms with Crippen LogP contribution < -0.4 is 10.0 Å². The molecular formula is C12H20N2O2S2. The molecule has 0 saturated heterocycles. The first-order valence-corrected chi connectivity index (χ1v) is 8.65. The molecule has 0 spiro atoms. The van der Waals surface area contributed by atoms with Gasteiger partial charge in [-0.3, -0.25) is 0 Å². The summed E-state index contributed by atoms with van der Waals surface area (Å²) in [6.45, 7) is 1.46. The quantitative estimate of drug-likeness (QED) is 0.801. The van der Waals surface area contributed by atoms with Crippen LogP contribution >= 0.6 is 11.3 Å². The number of sulfonamides is 1. The van der Waals surface area contributed by atoms with E-state index in [2.05, 4.69) is 10.0 Å². The number of hydrogen-bond acceptors (Lipinski definition) is 4. The summed E-state index contributed by atoms with van der Waals surface area (Å²) in [4.78, 5) is 1.10. The molecule has 0 atom stereocenters. The van der Waals surface area contributed by atoms with Crippen molar-refractivity contribution in [1.29, 1.82) is 0 Å². The molecule has 2 rings (SSSR count). The Kier molecular flexibility index (Phi) is 4.77. The van der Waals surface area contributed by atoms with Crippen LogP contribution in [-0.2, 0) is 16.4 Å². The zero-order chi connectivity index (χ0) is 13.0. The maximum Gasteiger partial charge on any atom is 0.250 e. The highest BCUT2D eigenvalue weighted by molar-refractivity contribution is 7.91. The van der Waals surface area contributed by atoms with Gasteiger partial charge in [0.1, 0.15) is 4.21 Å². The predicted octanol–water partition coefficient (Wildman–Crippen LogP) is 1.59. The molecule has 1 aliphatic carbocycles.